The van der Waals surface area contributed by atoms with Gasteiger partial charge in [-0.05, 0) is 0 Å². The van der Waals surface area contributed by atoms with E-state index in [0.717, 1.165) is 0 Å². The van der Waals surface area contributed by atoms with Crippen molar-refractivity contribution >= 4 is 17.9 Å². The lowest BCUT2D eigenvalue weighted by Crippen LogP contribution is -2.44. The van der Waals surface area contributed by atoms with E-state index >= 15 is 0 Å². The van der Waals surface area contributed by atoms with Gasteiger partial charge in [-0.2, -0.15) is 0 Å². The average molecular weight is 199 g/mol. The van der Waals surface area contributed by atoms with Crippen LogP contribution in [0.25, 0.3) is 0 Å². The van der Waals surface area contributed by atoms with Gasteiger partial charge in [-0.15, -0.1) is 11.6 Å². The molecule has 5 nitrogen and oxygen atoms in total. The first-order valence-corrected chi connectivity index (χ1v) is 3.72. The Morgan fingerprint density at radius 2 is 1.75 bits per heavy atom. The highest BCUT2D eigenvalue weighted by molar-refractivity contribution is 6.21. The van der Waals surface area contributed by atoms with Crippen LogP contribution in [0.5, 0.6) is 0 Å². The zero-order valence-electron chi connectivity index (χ0n) is 6.17. The minimum absolute atomic E-state index is 0.0782. The van der Waals surface area contributed by atoms with E-state index in [4.69, 9.17) is 32.0 Å². The Bertz CT molecular complexity index is 142. The molecule has 0 aromatic rings. The van der Waals surface area contributed by atoms with Crippen molar-refractivity contribution in [2.45, 2.75) is 23.7 Å². The molecule has 0 amide bonds. The number of rotatable bonds is 5. The van der Waals surface area contributed by atoms with Gasteiger partial charge in [0, 0.05) is 0 Å². The summed E-state index contributed by atoms with van der Waals surface area (Å²) in [6, 6.07) is 0. The fourth-order valence-corrected chi connectivity index (χ4v) is 0.754. The smallest absolute Gasteiger partial charge is 0.151 e. The maximum Gasteiger partial charge on any atom is 0.151 e. The van der Waals surface area contributed by atoms with Crippen LogP contribution in [0.1, 0.15) is 0 Å². The maximum atomic E-state index is 9.93. The van der Waals surface area contributed by atoms with E-state index in [-0.39, 0.29) is 6.29 Å². The molecule has 6 heteroatoms. The number of halogens is 1. The van der Waals surface area contributed by atoms with Gasteiger partial charge in [0.25, 0.3) is 0 Å². The Morgan fingerprint density at radius 1 is 1.25 bits per heavy atom. The lowest BCUT2D eigenvalue weighted by molar-refractivity contribution is -0.126. The second-order valence-corrected chi connectivity index (χ2v) is 2.87. The largest absolute Gasteiger partial charge is 0.395 e. The van der Waals surface area contributed by atoms with Crippen LogP contribution >= 0.6 is 11.6 Å². The Hall–Kier alpha value is -0.200. The van der Waals surface area contributed by atoms with Crippen LogP contribution in [0.4, 0.5) is 0 Å². The van der Waals surface area contributed by atoms with Crippen LogP contribution in [-0.2, 0) is 4.79 Å². The first-order chi connectivity index (χ1) is 5.54. The molecule has 0 bridgehead atoms. The van der Waals surface area contributed by atoms with Crippen LogP contribution in [-0.4, -0.2) is 57.0 Å². The van der Waals surface area contributed by atoms with Crippen molar-refractivity contribution in [2.24, 2.45) is 0 Å². The molecule has 0 rings (SSSR count). The van der Waals surface area contributed by atoms with E-state index in [9.17, 15) is 4.79 Å². The maximum absolute atomic E-state index is 9.93. The standard InChI is InChI=1S/C6H11ClO5/c7-3(1-8)5(11)6(12)4(10)2-9/h2-6,8,10-12H,1H2/t3-,4-,5+,6+/m1/s1. The van der Waals surface area contributed by atoms with E-state index in [2.05, 4.69) is 0 Å². The molecule has 4 atom stereocenters. The molecular weight excluding hydrogens is 188 g/mol. The predicted molar refractivity (Wildman–Crippen MR) is 40.8 cm³/mol. The molecule has 12 heavy (non-hydrogen) atoms. The van der Waals surface area contributed by atoms with Crippen LogP contribution in [0.2, 0.25) is 0 Å². The topological polar surface area (TPSA) is 98.0 Å². The summed E-state index contributed by atoms with van der Waals surface area (Å²) >= 11 is 5.32. The normalized spacial score (nSPS) is 21.1. The molecule has 0 saturated carbocycles. The summed E-state index contributed by atoms with van der Waals surface area (Å²) in [5, 5.41) is 34.0. The van der Waals surface area contributed by atoms with E-state index in [0.29, 0.717) is 0 Å². The Labute approximate surface area is 74.2 Å². The summed E-state index contributed by atoms with van der Waals surface area (Å²) in [6.45, 7) is -0.550. The first-order valence-electron chi connectivity index (χ1n) is 3.29. The number of hydrogen-bond donors (Lipinski definition) is 4. The fraction of sp³-hybridized carbons (Fsp3) is 0.833. The van der Waals surface area contributed by atoms with Crippen molar-refractivity contribution in [1.82, 2.24) is 0 Å². The number of aliphatic hydroxyl groups is 4. The molecule has 0 heterocycles. The summed E-state index contributed by atoms with van der Waals surface area (Å²) in [5.74, 6) is 0. The van der Waals surface area contributed by atoms with Gasteiger partial charge in [0.15, 0.2) is 6.29 Å². The lowest BCUT2D eigenvalue weighted by atomic mass is 10.1. The molecule has 0 saturated heterocycles. The van der Waals surface area contributed by atoms with Gasteiger partial charge in [-0.25, -0.2) is 0 Å². The molecule has 0 aromatic heterocycles. The highest BCUT2D eigenvalue weighted by atomic mass is 35.5. The second kappa shape index (κ2) is 5.45. The third-order valence-electron chi connectivity index (χ3n) is 1.38. The quantitative estimate of drug-likeness (QED) is 0.299. The summed E-state index contributed by atoms with van der Waals surface area (Å²) < 4.78 is 0. The van der Waals surface area contributed by atoms with Gasteiger partial charge >= 0.3 is 0 Å². The van der Waals surface area contributed by atoms with Gasteiger partial charge in [0.1, 0.15) is 18.3 Å². The highest BCUT2D eigenvalue weighted by Crippen LogP contribution is 2.08. The molecule has 0 aliphatic rings. The number of hydrogen-bond acceptors (Lipinski definition) is 5. The van der Waals surface area contributed by atoms with Crippen molar-refractivity contribution in [3.8, 4) is 0 Å². The molecule has 0 unspecified atom stereocenters. The van der Waals surface area contributed by atoms with Crippen molar-refractivity contribution < 1.29 is 25.2 Å². The zero-order valence-corrected chi connectivity index (χ0v) is 6.92. The molecule has 0 aliphatic carbocycles. The molecule has 0 fully saturated rings. The molecule has 4 N–H and O–H groups in total. The molecule has 0 aromatic carbocycles. The average Bonchev–Trinajstić information content (AvgIpc) is 2.12. The minimum Gasteiger partial charge on any atom is -0.395 e. The third-order valence-corrected chi connectivity index (χ3v) is 1.78. The molecule has 0 aliphatic heterocycles. The van der Waals surface area contributed by atoms with Gasteiger partial charge in [0.2, 0.25) is 0 Å². The van der Waals surface area contributed by atoms with E-state index in [1.165, 1.54) is 0 Å². The van der Waals surface area contributed by atoms with Crippen LogP contribution in [0.15, 0.2) is 0 Å². The molecule has 0 radical (unpaired) electrons. The Kier molecular flexibility index (Phi) is 5.36. The molecule has 72 valence electrons. The third kappa shape index (κ3) is 3.04. The van der Waals surface area contributed by atoms with E-state index in [1.54, 1.807) is 0 Å². The number of alkyl halides is 1. The van der Waals surface area contributed by atoms with Crippen LogP contribution in [0, 0.1) is 0 Å². The summed E-state index contributed by atoms with van der Waals surface area (Å²) in [4.78, 5) is 9.93. The van der Waals surface area contributed by atoms with Crippen molar-refractivity contribution in [1.29, 1.82) is 0 Å². The predicted octanol–water partition coefficient (Wildman–Crippen LogP) is -2.13. The Balaban J connectivity index is 4.07. The van der Waals surface area contributed by atoms with Gasteiger partial charge in [-0.1, -0.05) is 0 Å². The first kappa shape index (κ1) is 11.8. The number of carbonyl (C=O) groups excluding carboxylic acids is 1. The van der Waals surface area contributed by atoms with E-state index in [1.807, 2.05) is 0 Å². The highest BCUT2D eigenvalue weighted by Gasteiger charge is 2.29. The van der Waals surface area contributed by atoms with Crippen LogP contribution < -0.4 is 0 Å². The number of aliphatic hydroxyl groups excluding tert-OH is 4. The molecule has 0 spiro atoms. The zero-order chi connectivity index (χ0) is 9.72. The number of carbonyl (C=O) groups is 1. The lowest BCUT2D eigenvalue weighted by Gasteiger charge is -2.21. The molecular formula is C6H11ClO5. The summed E-state index contributed by atoms with van der Waals surface area (Å²) in [6.07, 6.45) is -4.81. The van der Waals surface area contributed by atoms with Gasteiger partial charge in [-0.3, -0.25) is 0 Å². The fourth-order valence-electron chi connectivity index (χ4n) is 0.604. The van der Waals surface area contributed by atoms with E-state index < -0.39 is 30.3 Å². The van der Waals surface area contributed by atoms with Crippen molar-refractivity contribution in [3.63, 3.8) is 0 Å². The van der Waals surface area contributed by atoms with Crippen molar-refractivity contribution in [3.05, 3.63) is 0 Å². The Morgan fingerprint density at radius 3 is 2.08 bits per heavy atom. The summed E-state index contributed by atoms with van der Waals surface area (Å²) in [5.41, 5.74) is 0. The van der Waals surface area contributed by atoms with Gasteiger partial charge in [0.05, 0.1) is 12.0 Å². The summed E-state index contributed by atoms with van der Waals surface area (Å²) in [7, 11) is 0. The van der Waals surface area contributed by atoms with Crippen molar-refractivity contribution in [2.75, 3.05) is 6.61 Å². The minimum atomic E-state index is -1.69. The number of aldehydes is 1. The monoisotopic (exact) mass is 198 g/mol. The SMILES string of the molecule is O=C[C@@H](O)[C@H](O)[C@@H](O)[C@H](Cl)CO. The van der Waals surface area contributed by atoms with Gasteiger partial charge < -0.3 is 25.2 Å². The second-order valence-electron chi connectivity index (χ2n) is 2.31. The van der Waals surface area contributed by atoms with Crippen LogP contribution in [0.3, 0.4) is 0 Å².